The van der Waals surface area contributed by atoms with Crippen molar-refractivity contribution in [1.29, 1.82) is 0 Å². The van der Waals surface area contributed by atoms with Crippen molar-refractivity contribution in [2.24, 2.45) is 5.16 Å². The SMILES string of the molecule is C#Cc1ccc(O)c(C(=NOC(C)(C)C)c2ncccc2O)c1. The van der Waals surface area contributed by atoms with E-state index in [1.165, 1.54) is 18.3 Å². The number of hydrogen-bond donors (Lipinski definition) is 2. The van der Waals surface area contributed by atoms with Gasteiger partial charge in [0.05, 0.1) is 0 Å². The number of oxime groups is 1. The van der Waals surface area contributed by atoms with Crippen molar-refractivity contribution in [1.82, 2.24) is 4.98 Å². The number of nitrogens with zero attached hydrogens (tertiary/aromatic N) is 2. The minimum atomic E-state index is -0.547. The molecule has 0 aliphatic heterocycles. The molecule has 5 heteroatoms. The number of benzene rings is 1. The molecule has 0 fully saturated rings. The molecule has 23 heavy (non-hydrogen) atoms. The molecule has 0 unspecified atom stereocenters. The first-order valence-electron chi connectivity index (χ1n) is 7.02. The maximum atomic E-state index is 10.2. The number of phenols is 1. The highest BCUT2D eigenvalue weighted by Gasteiger charge is 2.20. The lowest BCUT2D eigenvalue weighted by Crippen LogP contribution is -2.18. The largest absolute Gasteiger partial charge is 0.507 e. The van der Waals surface area contributed by atoms with Gasteiger partial charge in [-0.3, -0.25) is 4.98 Å². The lowest BCUT2D eigenvalue weighted by atomic mass is 10.0. The van der Waals surface area contributed by atoms with E-state index in [0.717, 1.165) is 0 Å². The maximum Gasteiger partial charge on any atom is 0.143 e. The van der Waals surface area contributed by atoms with Gasteiger partial charge in [-0.15, -0.1) is 6.42 Å². The van der Waals surface area contributed by atoms with Crippen molar-refractivity contribution in [2.75, 3.05) is 0 Å². The van der Waals surface area contributed by atoms with Gasteiger partial charge < -0.3 is 15.1 Å². The molecule has 0 saturated heterocycles. The number of aromatic hydroxyl groups is 2. The molecule has 1 aromatic heterocycles. The highest BCUT2D eigenvalue weighted by atomic mass is 16.6. The summed E-state index contributed by atoms with van der Waals surface area (Å²) < 4.78 is 0. The number of hydrogen-bond acceptors (Lipinski definition) is 5. The van der Waals surface area contributed by atoms with Crippen LogP contribution in [0.4, 0.5) is 0 Å². The van der Waals surface area contributed by atoms with E-state index in [-0.39, 0.29) is 22.9 Å². The summed E-state index contributed by atoms with van der Waals surface area (Å²) in [6.45, 7) is 5.51. The molecule has 0 bridgehead atoms. The number of phenolic OH excluding ortho intramolecular Hbond substituents is 1. The summed E-state index contributed by atoms with van der Waals surface area (Å²) in [5.74, 6) is 2.39. The molecule has 0 spiro atoms. The zero-order valence-electron chi connectivity index (χ0n) is 13.2. The Hall–Kier alpha value is -3.00. The van der Waals surface area contributed by atoms with Crippen molar-refractivity contribution >= 4 is 5.71 Å². The van der Waals surface area contributed by atoms with Crippen molar-refractivity contribution < 1.29 is 15.1 Å². The van der Waals surface area contributed by atoms with Crippen LogP contribution in [0.5, 0.6) is 11.5 Å². The van der Waals surface area contributed by atoms with E-state index in [2.05, 4.69) is 16.1 Å². The van der Waals surface area contributed by atoms with Crippen LogP contribution in [0, 0.1) is 12.3 Å². The molecule has 1 aromatic carbocycles. The Kier molecular flexibility index (Phi) is 4.56. The number of rotatable bonds is 3. The van der Waals surface area contributed by atoms with Gasteiger partial charge in [0.25, 0.3) is 0 Å². The normalized spacial score (nSPS) is 11.8. The Morgan fingerprint density at radius 2 is 1.96 bits per heavy atom. The Labute approximate surface area is 135 Å². The van der Waals surface area contributed by atoms with Gasteiger partial charge in [-0.1, -0.05) is 11.1 Å². The van der Waals surface area contributed by atoms with E-state index in [1.54, 1.807) is 18.2 Å². The van der Waals surface area contributed by atoms with E-state index >= 15 is 0 Å². The quantitative estimate of drug-likeness (QED) is 0.519. The predicted molar refractivity (Wildman–Crippen MR) is 88.4 cm³/mol. The van der Waals surface area contributed by atoms with E-state index in [9.17, 15) is 10.2 Å². The molecule has 2 N–H and O–H groups in total. The van der Waals surface area contributed by atoms with Gasteiger partial charge in [0.15, 0.2) is 0 Å². The monoisotopic (exact) mass is 310 g/mol. The molecule has 0 aliphatic rings. The number of pyridine rings is 1. The summed E-state index contributed by atoms with van der Waals surface area (Å²) in [5.41, 5.74) is 0.749. The van der Waals surface area contributed by atoms with Gasteiger partial charge in [0.2, 0.25) is 0 Å². The van der Waals surface area contributed by atoms with Gasteiger partial charge in [-0.05, 0) is 51.1 Å². The fourth-order valence-electron chi connectivity index (χ4n) is 1.80. The molecule has 0 atom stereocenters. The summed E-state index contributed by atoms with van der Waals surface area (Å²) in [6, 6.07) is 7.75. The van der Waals surface area contributed by atoms with Crippen LogP contribution < -0.4 is 0 Å². The molecule has 0 aliphatic carbocycles. The molecule has 0 radical (unpaired) electrons. The van der Waals surface area contributed by atoms with Crippen LogP contribution in [0.25, 0.3) is 0 Å². The fraction of sp³-hybridized carbons (Fsp3) is 0.222. The third-order valence-corrected chi connectivity index (χ3v) is 2.84. The molecule has 2 aromatic rings. The van der Waals surface area contributed by atoms with Crippen LogP contribution in [-0.2, 0) is 4.84 Å². The van der Waals surface area contributed by atoms with E-state index in [1.807, 2.05) is 20.8 Å². The topological polar surface area (TPSA) is 74.9 Å². The van der Waals surface area contributed by atoms with Crippen LogP contribution >= 0.6 is 0 Å². The third-order valence-electron chi connectivity index (χ3n) is 2.84. The molecule has 1 heterocycles. The summed E-state index contributed by atoms with van der Waals surface area (Å²) in [4.78, 5) is 9.59. The van der Waals surface area contributed by atoms with E-state index < -0.39 is 5.60 Å². The minimum Gasteiger partial charge on any atom is -0.507 e. The molecule has 5 nitrogen and oxygen atoms in total. The Bertz CT molecular complexity index is 784. The van der Waals surface area contributed by atoms with Gasteiger partial charge in [-0.25, -0.2) is 0 Å². The van der Waals surface area contributed by atoms with E-state index in [0.29, 0.717) is 11.1 Å². The van der Waals surface area contributed by atoms with Crippen molar-refractivity contribution in [3.05, 3.63) is 53.3 Å². The van der Waals surface area contributed by atoms with Crippen LogP contribution in [0.1, 0.15) is 37.6 Å². The standard InChI is InChI=1S/C18H18N2O3/c1-5-12-8-9-14(21)13(11-12)16(20-23-18(2,3)4)17-15(22)7-6-10-19-17/h1,6-11,21-22H,2-4H3. The van der Waals surface area contributed by atoms with Crippen LogP contribution in [0.15, 0.2) is 41.7 Å². The molecule has 0 amide bonds. The highest BCUT2D eigenvalue weighted by Crippen LogP contribution is 2.26. The van der Waals surface area contributed by atoms with Crippen molar-refractivity contribution in [2.45, 2.75) is 26.4 Å². The summed E-state index contributed by atoms with van der Waals surface area (Å²) >= 11 is 0. The van der Waals surface area contributed by atoms with Gasteiger partial charge in [0.1, 0.15) is 28.5 Å². The summed E-state index contributed by atoms with van der Waals surface area (Å²) in [5, 5.41) is 24.3. The van der Waals surface area contributed by atoms with Crippen LogP contribution in [-0.4, -0.2) is 26.5 Å². The lowest BCUT2D eigenvalue weighted by Gasteiger charge is -2.17. The first kappa shape index (κ1) is 16.4. The summed E-state index contributed by atoms with van der Waals surface area (Å²) in [7, 11) is 0. The second-order valence-electron chi connectivity index (χ2n) is 5.89. The van der Waals surface area contributed by atoms with Gasteiger partial charge in [-0.2, -0.15) is 0 Å². The number of aromatic nitrogens is 1. The predicted octanol–water partition coefficient (Wildman–Crippen LogP) is 3.04. The summed E-state index contributed by atoms with van der Waals surface area (Å²) in [6.07, 6.45) is 6.93. The van der Waals surface area contributed by atoms with Crippen LogP contribution in [0.2, 0.25) is 0 Å². The van der Waals surface area contributed by atoms with Gasteiger partial charge >= 0.3 is 0 Å². The average molecular weight is 310 g/mol. The molecular weight excluding hydrogens is 292 g/mol. The second-order valence-corrected chi connectivity index (χ2v) is 5.89. The first-order chi connectivity index (χ1) is 10.8. The third kappa shape index (κ3) is 4.01. The molecule has 0 saturated carbocycles. The zero-order valence-corrected chi connectivity index (χ0v) is 13.2. The second kappa shape index (κ2) is 6.41. The van der Waals surface area contributed by atoms with Gasteiger partial charge in [0, 0.05) is 17.3 Å². The Morgan fingerprint density at radius 3 is 2.57 bits per heavy atom. The average Bonchev–Trinajstić information content (AvgIpc) is 2.49. The van der Waals surface area contributed by atoms with E-state index in [4.69, 9.17) is 11.3 Å². The molecular formula is C18H18N2O3. The minimum absolute atomic E-state index is 0.0367. The molecule has 118 valence electrons. The van der Waals surface area contributed by atoms with Crippen LogP contribution in [0.3, 0.4) is 0 Å². The van der Waals surface area contributed by atoms with Crippen molar-refractivity contribution in [3.63, 3.8) is 0 Å². The highest BCUT2D eigenvalue weighted by molar-refractivity contribution is 6.14. The zero-order chi connectivity index (χ0) is 17.0. The first-order valence-corrected chi connectivity index (χ1v) is 7.02. The molecule has 2 rings (SSSR count). The smallest absolute Gasteiger partial charge is 0.143 e. The lowest BCUT2D eigenvalue weighted by molar-refractivity contribution is 0.00109. The maximum absolute atomic E-state index is 10.2. The Morgan fingerprint density at radius 1 is 1.22 bits per heavy atom. The number of terminal acetylenes is 1. The fourth-order valence-corrected chi connectivity index (χ4v) is 1.80. The Balaban J connectivity index is 2.64. The van der Waals surface area contributed by atoms with Crippen molar-refractivity contribution in [3.8, 4) is 23.8 Å².